The lowest BCUT2D eigenvalue weighted by molar-refractivity contribution is 0.0916. The van der Waals surface area contributed by atoms with Crippen molar-refractivity contribution in [3.63, 3.8) is 0 Å². The molecule has 1 aromatic carbocycles. The zero-order chi connectivity index (χ0) is 24.8. The van der Waals surface area contributed by atoms with Crippen LogP contribution in [0.25, 0.3) is 5.70 Å². The van der Waals surface area contributed by atoms with Gasteiger partial charge in [0.1, 0.15) is 0 Å². The third-order valence-corrected chi connectivity index (χ3v) is 5.34. The van der Waals surface area contributed by atoms with Gasteiger partial charge in [-0.05, 0) is 42.3 Å². The summed E-state index contributed by atoms with van der Waals surface area (Å²) in [5.74, 6) is 1.19. The van der Waals surface area contributed by atoms with Crippen molar-refractivity contribution in [2.24, 2.45) is 10.7 Å². The first-order valence-corrected chi connectivity index (χ1v) is 10.8. The number of aliphatic hydroxyl groups excluding tert-OH is 1. The third-order valence-electron chi connectivity index (χ3n) is 5.34. The number of fused-ring (bicyclic) bond motifs is 1. The Morgan fingerprint density at radius 1 is 1.34 bits per heavy atom. The van der Waals surface area contributed by atoms with E-state index in [1.165, 1.54) is 0 Å². The molecule has 1 aliphatic heterocycles. The topological polar surface area (TPSA) is 136 Å². The summed E-state index contributed by atoms with van der Waals surface area (Å²) >= 11 is 0. The van der Waals surface area contributed by atoms with E-state index in [0.29, 0.717) is 28.4 Å². The molecule has 0 radical (unpaired) electrons. The molecule has 180 valence electrons. The van der Waals surface area contributed by atoms with E-state index in [0.717, 1.165) is 11.1 Å². The molecule has 0 spiro atoms. The van der Waals surface area contributed by atoms with Crippen LogP contribution in [-0.4, -0.2) is 39.9 Å². The minimum Gasteiger partial charge on any atom is -0.454 e. The number of aromatic nitrogens is 2. The van der Waals surface area contributed by atoms with Gasteiger partial charge in [-0.15, -0.1) is 0 Å². The molecule has 0 saturated heterocycles. The van der Waals surface area contributed by atoms with Gasteiger partial charge in [-0.1, -0.05) is 12.6 Å². The Balaban J connectivity index is 1.38. The quantitative estimate of drug-likeness (QED) is 0.224. The Kier molecular flexibility index (Phi) is 7.12. The van der Waals surface area contributed by atoms with Crippen LogP contribution in [0.1, 0.15) is 28.9 Å². The maximum absolute atomic E-state index is 12.7. The lowest BCUT2D eigenvalue weighted by atomic mass is 10.1. The van der Waals surface area contributed by atoms with Crippen LogP contribution in [0.15, 0.2) is 84.5 Å². The molecule has 1 amide bonds. The number of allylic oxidation sites excluding steroid dienone is 2. The summed E-state index contributed by atoms with van der Waals surface area (Å²) in [5, 5.41) is 15.5. The van der Waals surface area contributed by atoms with Crippen molar-refractivity contribution in [2.75, 3.05) is 18.7 Å². The second-order valence-corrected chi connectivity index (χ2v) is 7.77. The first-order valence-electron chi connectivity index (χ1n) is 10.8. The maximum Gasteiger partial charge on any atom is 0.253 e. The van der Waals surface area contributed by atoms with Crippen molar-refractivity contribution in [3.8, 4) is 11.5 Å². The Morgan fingerprint density at radius 2 is 2.17 bits per heavy atom. The van der Waals surface area contributed by atoms with Crippen LogP contribution in [0, 0.1) is 0 Å². The number of hydrogen-bond donors (Lipinski definition) is 4. The van der Waals surface area contributed by atoms with Crippen molar-refractivity contribution < 1.29 is 19.4 Å². The van der Waals surface area contributed by atoms with Crippen molar-refractivity contribution in [1.82, 2.24) is 14.9 Å². The fraction of sp³-hybridized carbons (Fsp3) is 0.160. The van der Waals surface area contributed by atoms with Crippen LogP contribution in [0.2, 0.25) is 0 Å². The van der Waals surface area contributed by atoms with Crippen LogP contribution in [0.4, 0.5) is 5.69 Å². The second-order valence-electron chi connectivity index (χ2n) is 7.77. The number of hydrogen-bond acceptors (Lipinski definition) is 6. The van der Waals surface area contributed by atoms with Crippen LogP contribution < -0.4 is 25.8 Å². The zero-order valence-corrected chi connectivity index (χ0v) is 19.1. The van der Waals surface area contributed by atoms with Gasteiger partial charge in [0.15, 0.2) is 17.5 Å². The van der Waals surface area contributed by atoms with Gasteiger partial charge in [0.2, 0.25) is 6.79 Å². The predicted octanol–water partition coefficient (Wildman–Crippen LogP) is 2.88. The number of pyridine rings is 1. The van der Waals surface area contributed by atoms with Gasteiger partial charge in [-0.3, -0.25) is 9.78 Å². The third kappa shape index (κ3) is 5.68. The molecule has 35 heavy (non-hydrogen) atoms. The Morgan fingerprint density at radius 3 is 2.94 bits per heavy atom. The van der Waals surface area contributed by atoms with Crippen LogP contribution in [0.3, 0.4) is 0 Å². The lowest BCUT2D eigenvalue weighted by Crippen LogP contribution is -2.30. The molecule has 1 aliphatic rings. The van der Waals surface area contributed by atoms with E-state index >= 15 is 0 Å². The van der Waals surface area contributed by atoms with Gasteiger partial charge in [0.25, 0.3) is 5.91 Å². The highest BCUT2D eigenvalue weighted by molar-refractivity contribution is 5.95. The Labute approximate surface area is 202 Å². The molecule has 5 N–H and O–H groups in total. The summed E-state index contributed by atoms with van der Waals surface area (Å²) in [7, 11) is 0. The number of carbonyl (C=O) groups is 1. The Hall–Kier alpha value is -4.57. The zero-order valence-electron chi connectivity index (χ0n) is 19.1. The summed E-state index contributed by atoms with van der Waals surface area (Å²) < 4.78 is 12.4. The Bertz CT molecular complexity index is 1280. The van der Waals surface area contributed by atoms with Gasteiger partial charge in [-0.2, -0.15) is 0 Å². The molecule has 10 heteroatoms. The largest absolute Gasteiger partial charge is 0.454 e. The first-order chi connectivity index (χ1) is 16.9. The number of carbonyl (C=O) groups excluding carboxylic acids is 1. The number of nitrogens with one attached hydrogen (secondary N) is 2. The van der Waals surface area contributed by atoms with Crippen molar-refractivity contribution in [3.05, 3.63) is 90.7 Å². The minimum absolute atomic E-state index is 0.189. The smallest absolute Gasteiger partial charge is 0.253 e. The highest BCUT2D eigenvalue weighted by atomic mass is 16.7. The molecule has 3 aromatic rings. The number of ether oxygens (including phenoxy) is 2. The summed E-state index contributed by atoms with van der Waals surface area (Å²) in [6.07, 6.45) is 8.21. The monoisotopic (exact) mass is 474 g/mol. The molecule has 0 saturated carbocycles. The average Bonchev–Trinajstić information content (AvgIpc) is 3.55. The standard InChI is InChI=1S/C25H26N6O4/c1-16(11-28-25(26)29-20-5-6-22-23(10-20)35-15-34-22)17(2)31-9-7-19(13-31)24(33)30-21(14-32)18-4-3-8-27-12-18/h3-13,21,32H,2,14-15H2,1H3,(H,30,33)(H3,26,28,29)/b16-11-. The van der Waals surface area contributed by atoms with E-state index in [-0.39, 0.29) is 25.3 Å². The van der Waals surface area contributed by atoms with Gasteiger partial charge < -0.3 is 35.5 Å². The number of benzene rings is 1. The molecular weight excluding hydrogens is 448 g/mol. The second kappa shape index (κ2) is 10.6. The molecular formula is C25H26N6O4. The SMILES string of the molecule is C=C(/C(C)=C\N=C(/N)Nc1ccc2c(c1)OCO2)n1ccc(C(=O)NC(CO)c2cccnc2)c1. The molecule has 10 nitrogen and oxygen atoms in total. The summed E-state index contributed by atoms with van der Waals surface area (Å²) in [4.78, 5) is 21.0. The molecule has 4 rings (SSSR count). The average molecular weight is 475 g/mol. The number of nitrogens with zero attached hydrogens (tertiary/aromatic N) is 3. The van der Waals surface area contributed by atoms with Crippen LogP contribution in [-0.2, 0) is 0 Å². The van der Waals surface area contributed by atoms with Crippen molar-refractivity contribution in [2.45, 2.75) is 13.0 Å². The lowest BCUT2D eigenvalue weighted by Gasteiger charge is -2.15. The molecule has 1 unspecified atom stereocenters. The van der Waals surface area contributed by atoms with E-state index in [4.69, 9.17) is 15.2 Å². The minimum atomic E-state index is -0.557. The number of amides is 1. The van der Waals surface area contributed by atoms with E-state index in [9.17, 15) is 9.90 Å². The van der Waals surface area contributed by atoms with E-state index < -0.39 is 6.04 Å². The fourth-order valence-corrected chi connectivity index (χ4v) is 3.36. The van der Waals surface area contributed by atoms with Gasteiger partial charge in [0.05, 0.1) is 18.2 Å². The van der Waals surface area contributed by atoms with E-state index in [1.807, 2.05) is 13.0 Å². The summed E-state index contributed by atoms with van der Waals surface area (Å²) in [6.45, 7) is 5.87. The molecule has 2 aromatic heterocycles. The van der Waals surface area contributed by atoms with Crippen molar-refractivity contribution in [1.29, 1.82) is 0 Å². The van der Waals surface area contributed by atoms with Gasteiger partial charge in [0, 0.05) is 48.4 Å². The predicted molar refractivity (Wildman–Crippen MR) is 133 cm³/mol. The summed E-state index contributed by atoms with van der Waals surface area (Å²) in [5.41, 5.74) is 9.22. The highest BCUT2D eigenvalue weighted by Crippen LogP contribution is 2.34. The van der Waals surface area contributed by atoms with Crippen LogP contribution >= 0.6 is 0 Å². The highest BCUT2D eigenvalue weighted by Gasteiger charge is 2.17. The number of aliphatic hydroxyl groups is 1. The fourth-order valence-electron chi connectivity index (χ4n) is 3.36. The molecule has 0 aliphatic carbocycles. The number of guanidine groups is 1. The molecule has 0 bridgehead atoms. The molecule has 3 heterocycles. The van der Waals surface area contributed by atoms with E-state index in [1.54, 1.807) is 65.9 Å². The molecule has 0 fully saturated rings. The number of aliphatic imine (C=N–C) groups is 1. The van der Waals surface area contributed by atoms with Crippen LogP contribution in [0.5, 0.6) is 11.5 Å². The van der Waals surface area contributed by atoms with Gasteiger partial charge in [-0.25, -0.2) is 4.99 Å². The number of nitrogens with two attached hydrogens (primary N) is 1. The van der Waals surface area contributed by atoms with Crippen molar-refractivity contribution >= 4 is 23.3 Å². The number of anilines is 1. The first kappa shape index (κ1) is 23.6. The maximum atomic E-state index is 12.7. The van der Waals surface area contributed by atoms with E-state index in [2.05, 4.69) is 27.2 Å². The normalized spacial score (nSPS) is 13.9. The number of rotatable bonds is 8. The van der Waals surface area contributed by atoms with Gasteiger partial charge >= 0.3 is 0 Å². The summed E-state index contributed by atoms with van der Waals surface area (Å²) in [6, 6.07) is 10.0. The molecule has 1 atom stereocenters.